The number of rotatable bonds is 1. The van der Waals surface area contributed by atoms with Crippen LogP contribution in [-0.4, -0.2) is 30.0 Å². The van der Waals surface area contributed by atoms with Crippen molar-refractivity contribution in [3.63, 3.8) is 0 Å². The van der Waals surface area contributed by atoms with E-state index < -0.39 is 0 Å². The number of ether oxygens (including phenoxy) is 1. The molecule has 142 valence electrons. The van der Waals surface area contributed by atoms with Crippen molar-refractivity contribution in [3.8, 4) is 0 Å². The van der Waals surface area contributed by atoms with Crippen LogP contribution in [0.1, 0.15) is 71.6 Å². The van der Waals surface area contributed by atoms with Crippen LogP contribution in [0.3, 0.4) is 0 Å². The molecule has 3 nitrogen and oxygen atoms in total. The molecule has 0 aromatic heterocycles. The van der Waals surface area contributed by atoms with Crippen LogP contribution in [0, 0.1) is 23.2 Å². The minimum absolute atomic E-state index is 0.0612. The molecular weight excluding hydrogens is 312 g/mol. The average Bonchev–Trinajstić information content (AvgIpc) is 2.62. The third-order valence-corrected chi connectivity index (χ3v) is 7.51. The van der Waals surface area contributed by atoms with Gasteiger partial charge in [0.05, 0.1) is 19.0 Å². The van der Waals surface area contributed by atoms with Gasteiger partial charge < -0.3 is 14.9 Å². The second-order valence-corrected chi connectivity index (χ2v) is 8.61. The molecule has 2 fully saturated rings. The van der Waals surface area contributed by atoms with Gasteiger partial charge in [-0.05, 0) is 81.1 Å². The van der Waals surface area contributed by atoms with Crippen molar-refractivity contribution < 1.29 is 14.9 Å². The highest BCUT2D eigenvalue weighted by atomic mass is 16.5. The molecule has 0 radical (unpaired) electrons. The van der Waals surface area contributed by atoms with Crippen LogP contribution in [0.4, 0.5) is 0 Å². The summed E-state index contributed by atoms with van der Waals surface area (Å²) in [6.45, 7) is 4.31. The van der Waals surface area contributed by atoms with Gasteiger partial charge in [-0.25, -0.2) is 0 Å². The van der Waals surface area contributed by atoms with E-state index in [1.165, 1.54) is 44.3 Å². The first kappa shape index (κ1) is 19.0. The molecule has 3 heteroatoms. The number of aliphatic hydroxyl groups is 2. The van der Waals surface area contributed by atoms with Gasteiger partial charge in [0.15, 0.2) is 0 Å². The molecule has 5 atom stereocenters. The normalized spacial score (nSPS) is 40.0. The summed E-state index contributed by atoms with van der Waals surface area (Å²) >= 11 is 0. The summed E-state index contributed by atoms with van der Waals surface area (Å²) in [6.07, 6.45) is 13.1. The predicted octanol–water partition coefficient (Wildman–Crippen LogP) is 4.59. The summed E-state index contributed by atoms with van der Waals surface area (Å²) in [5.41, 5.74) is 3.62. The number of hydrogen-bond donors (Lipinski definition) is 2. The van der Waals surface area contributed by atoms with Crippen molar-refractivity contribution in [2.24, 2.45) is 23.2 Å². The van der Waals surface area contributed by atoms with Crippen molar-refractivity contribution in [2.45, 2.75) is 77.7 Å². The Kier molecular flexibility index (Phi) is 5.95. The largest absolute Gasteiger partial charge is 0.501 e. The zero-order valence-corrected chi connectivity index (χ0v) is 16.3. The number of fused-ring (bicyclic) bond motifs is 4. The lowest BCUT2D eigenvalue weighted by Gasteiger charge is -2.56. The molecule has 0 saturated heterocycles. The number of hydrogen-bond acceptors (Lipinski definition) is 3. The van der Waals surface area contributed by atoms with E-state index >= 15 is 0 Å². The summed E-state index contributed by atoms with van der Waals surface area (Å²) < 4.78 is 5.49. The van der Waals surface area contributed by atoms with Crippen molar-refractivity contribution in [2.75, 3.05) is 13.7 Å². The van der Waals surface area contributed by atoms with Gasteiger partial charge in [-0.2, -0.15) is 0 Å². The highest BCUT2D eigenvalue weighted by Crippen LogP contribution is 2.59. The Morgan fingerprint density at radius 3 is 2.72 bits per heavy atom. The van der Waals surface area contributed by atoms with Crippen LogP contribution in [0.25, 0.3) is 0 Å². The molecule has 4 rings (SSSR count). The summed E-state index contributed by atoms with van der Waals surface area (Å²) in [6, 6.07) is 0. The van der Waals surface area contributed by atoms with Gasteiger partial charge in [0.25, 0.3) is 0 Å². The monoisotopic (exact) mass is 348 g/mol. The molecular formula is C22H36O3. The molecule has 4 aliphatic carbocycles. The summed E-state index contributed by atoms with van der Waals surface area (Å²) in [7, 11) is 1.80. The smallest absolute Gasteiger partial charge is 0.0959 e. The molecule has 0 aromatic rings. The molecule has 5 unspecified atom stereocenters. The zero-order valence-electron chi connectivity index (χ0n) is 16.3. The first-order chi connectivity index (χ1) is 12.0. The van der Waals surface area contributed by atoms with E-state index in [9.17, 15) is 5.11 Å². The second-order valence-electron chi connectivity index (χ2n) is 8.61. The predicted molar refractivity (Wildman–Crippen MR) is 101 cm³/mol. The van der Waals surface area contributed by atoms with Crippen LogP contribution in [-0.2, 0) is 4.74 Å². The number of methoxy groups -OCH3 is 1. The van der Waals surface area contributed by atoms with E-state index in [-0.39, 0.29) is 18.1 Å². The highest BCUT2D eigenvalue weighted by molar-refractivity contribution is 5.32. The van der Waals surface area contributed by atoms with Crippen LogP contribution in [0.5, 0.6) is 0 Å². The Morgan fingerprint density at radius 2 is 2.00 bits per heavy atom. The molecule has 2 N–H and O–H groups in total. The summed E-state index contributed by atoms with van der Waals surface area (Å²) in [4.78, 5) is 0. The zero-order chi connectivity index (χ0) is 18.0. The van der Waals surface area contributed by atoms with E-state index in [2.05, 4.69) is 13.0 Å². The Morgan fingerprint density at radius 1 is 1.24 bits per heavy atom. The molecule has 0 bridgehead atoms. The van der Waals surface area contributed by atoms with E-state index in [1.807, 2.05) is 0 Å². The molecule has 0 aliphatic heterocycles. The summed E-state index contributed by atoms with van der Waals surface area (Å²) in [5.74, 6) is 3.54. The molecule has 0 aromatic carbocycles. The highest BCUT2D eigenvalue weighted by Gasteiger charge is 2.52. The van der Waals surface area contributed by atoms with Crippen LogP contribution >= 0.6 is 0 Å². The molecule has 0 amide bonds. The second kappa shape index (κ2) is 7.84. The van der Waals surface area contributed by atoms with Crippen LogP contribution in [0.15, 0.2) is 23.0 Å². The van der Waals surface area contributed by atoms with E-state index in [4.69, 9.17) is 9.84 Å². The maximum absolute atomic E-state index is 10.6. The minimum Gasteiger partial charge on any atom is -0.501 e. The fourth-order valence-corrected chi connectivity index (χ4v) is 6.21. The fourth-order valence-electron chi connectivity index (χ4n) is 6.21. The van der Waals surface area contributed by atoms with Gasteiger partial charge in [-0.15, -0.1) is 0 Å². The standard InChI is InChI=1S/C20H30O2.C2H6O/c1-20-11-10-16-15-9-7-14(22-2)12-13(15)6-8-17(16)18(20)4-3-5-19(20)21;1-2-3/h7,16-19,21H,3-6,8-12H2,1-2H3;3H,2H2,1H3. The van der Waals surface area contributed by atoms with Crippen molar-refractivity contribution in [1.29, 1.82) is 0 Å². The van der Waals surface area contributed by atoms with E-state index in [1.54, 1.807) is 25.2 Å². The first-order valence-corrected chi connectivity index (χ1v) is 10.3. The SMILES string of the molecule is CCO.COC1=CCC2=C(CCC3C2CCC2(C)C(O)CCCC32)C1. The average molecular weight is 349 g/mol. The third kappa shape index (κ3) is 3.42. The Hall–Kier alpha value is -0.800. The minimum atomic E-state index is -0.0612. The van der Waals surface area contributed by atoms with Gasteiger partial charge in [0.2, 0.25) is 0 Å². The molecule has 0 spiro atoms. The van der Waals surface area contributed by atoms with Gasteiger partial charge in [0.1, 0.15) is 0 Å². The molecule has 4 aliphatic rings. The number of aliphatic hydroxyl groups excluding tert-OH is 2. The lowest BCUT2D eigenvalue weighted by Crippen LogP contribution is -2.51. The number of allylic oxidation sites excluding steroid dienone is 3. The summed E-state index contributed by atoms with van der Waals surface area (Å²) in [5, 5.41) is 18.2. The van der Waals surface area contributed by atoms with Crippen molar-refractivity contribution in [1.82, 2.24) is 0 Å². The molecule has 2 saturated carbocycles. The quantitative estimate of drug-likeness (QED) is 0.681. The first-order valence-electron chi connectivity index (χ1n) is 10.3. The van der Waals surface area contributed by atoms with E-state index in [0.29, 0.717) is 0 Å². The van der Waals surface area contributed by atoms with Crippen LogP contribution in [0.2, 0.25) is 0 Å². The maximum atomic E-state index is 10.6. The Labute approximate surface area is 153 Å². The van der Waals surface area contributed by atoms with Gasteiger partial charge in [-0.3, -0.25) is 0 Å². The Balaban J connectivity index is 0.000000569. The van der Waals surface area contributed by atoms with E-state index in [0.717, 1.165) is 37.0 Å². The van der Waals surface area contributed by atoms with Gasteiger partial charge in [0, 0.05) is 13.0 Å². The Bertz CT molecular complexity index is 535. The third-order valence-electron chi connectivity index (χ3n) is 7.51. The van der Waals surface area contributed by atoms with Gasteiger partial charge in [-0.1, -0.05) is 24.5 Å². The molecule has 0 heterocycles. The topological polar surface area (TPSA) is 49.7 Å². The fraction of sp³-hybridized carbons (Fsp3) is 0.818. The molecule has 25 heavy (non-hydrogen) atoms. The van der Waals surface area contributed by atoms with Gasteiger partial charge >= 0.3 is 0 Å². The van der Waals surface area contributed by atoms with Crippen molar-refractivity contribution >= 4 is 0 Å². The maximum Gasteiger partial charge on any atom is 0.0959 e. The van der Waals surface area contributed by atoms with Crippen molar-refractivity contribution in [3.05, 3.63) is 23.0 Å². The lowest BCUT2D eigenvalue weighted by atomic mass is 9.49. The van der Waals surface area contributed by atoms with Crippen LogP contribution < -0.4 is 0 Å². The lowest BCUT2D eigenvalue weighted by molar-refractivity contribution is -0.104.